The van der Waals surface area contributed by atoms with Crippen molar-refractivity contribution in [2.24, 2.45) is 0 Å². The van der Waals surface area contributed by atoms with Crippen LogP contribution in [0.15, 0.2) is 47.4 Å². The molecule has 0 bridgehead atoms. The molecule has 4 atom stereocenters. The van der Waals surface area contributed by atoms with Crippen LogP contribution in [0.5, 0.6) is 0 Å². The first-order valence-corrected chi connectivity index (χ1v) is 20.4. The number of benzene rings is 1. The van der Waals surface area contributed by atoms with Crippen molar-refractivity contribution in [3.05, 3.63) is 58.6 Å². The van der Waals surface area contributed by atoms with E-state index >= 15 is 0 Å². The number of ketones is 1. The number of aromatic nitrogens is 2. The van der Waals surface area contributed by atoms with E-state index in [-0.39, 0.29) is 52.9 Å². The van der Waals surface area contributed by atoms with Crippen LogP contribution in [0.3, 0.4) is 0 Å². The minimum atomic E-state index is -3.01. The lowest BCUT2D eigenvalue weighted by molar-refractivity contribution is -0.117. The van der Waals surface area contributed by atoms with Gasteiger partial charge in [-0.2, -0.15) is 4.98 Å². The maximum Gasteiger partial charge on any atom is 0.351 e. The molecule has 2 fully saturated rings. The zero-order valence-corrected chi connectivity index (χ0v) is 30.6. The first kappa shape index (κ1) is 36.3. The van der Waals surface area contributed by atoms with Gasteiger partial charge >= 0.3 is 22.8 Å². The summed E-state index contributed by atoms with van der Waals surface area (Å²) in [4.78, 5) is 42.1. The third kappa shape index (κ3) is 7.61. The number of carbonyl (C=O) groups is 2. The molecule has 0 saturated carbocycles. The quantitative estimate of drug-likeness (QED) is 0.210. The second-order valence-corrected chi connectivity index (χ2v) is 22.4. The van der Waals surface area contributed by atoms with Crippen molar-refractivity contribution in [3.8, 4) is 0 Å². The number of ether oxygens (including phenoxy) is 2. The Kier molecular flexibility index (Phi) is 11.9. The monoisotopic (exact) mass is 673 g/mol. The van der Waals surface area contributed by atoms with Crippen LogP contribution in [0.1, 0.15) is 91.7 Å². The lowest BCUT2D eigenvalue weighted by Gasteiger charge is -2.51. The van der Waals surface area contributed by atoms with Crippen molar-refractivity contribution < 1.29 is 32.0 Å². The van der Waals surface area contributed by atoms with Crippen molar-refractivity contribution in [3.63, 3.8) is 0 Å². The molecule has 1 aromatic carbocycles. The highest BCUT2D eigenvalue weighted by Gasteiger charge is 2.62. The first-order chi connectivity index (χ1) is 21.7. The standard InChI is InChI=1S/C33H51N3O8Si2/c1-21(2)45(22(3)4)41-20-27-29(43-46(44-45,23(5)6)24(7)8)30(40-19-13-14-25(9)37)32(42-27)36-18-17-28(35-33(36)39)34-31(38)26-15-11-10-12-16-26/h10-12,15-18,21-24,27,29-30,32H,13-14,19-20H2,1-9H3,(H,34,35,38,39)/t27-,29-,30-,32-/m1/s1. The van der Waals surface area contributed by atoms with Crippen LogP contribution in [0.25, 0.3) is 0 Å². The minimum absolute atomic E-state index is 0.0768. The fourth-order valence-corrected chi connectivity index (χ4v) is 17.7. The van der Waals surface area contributed by atoms with Crippen LogP contribution in [0, 0.1) is 0 Å². The van der Waals surface area contributed by atoms with Gasteiger partial charge in [0.05, 0.1) is 6.61 Å². The van der Waals surface area contributed by atoms with Gasteiger partial charge in [-0.05, 0) is 53.7 Å². The summed E-state index contributed by atoms with van der Waals surface area (Å²) < 4.78 is 35.9. The molecule has 2 aromatic rings. The van der Waals surface area contributed by atoms with Crippen molar-refractivity contribution in [2.75, 3.05) is 18.5 Å². The number of anilines is 1. The molecule has 0 aliphatic carbocycles. The van der Waals surface area contributed by atoms with Crippen LogP contribution >= 0.6 is 0 Å². The Morgan fingerprint density at radius 2 is 1.61 bits per heavy atom. The molecule has 1 N–H and O–H groups in total. The molecular weight excluding hydrogens is 623 g/mol. The second kappa shape index (κ2) is 15.1. The first-order valence-electron chi connectivity index (χ1n) is 16.5. The molecule has 2 saturated heterocycles. The highest BCUT2D eigenvalue weighted by atomic mass is 28.5. The number of nitrogens with zero attached hydrogens (tertiary/aromatic N) is 2. The van der Waals surface area contributed by atoms with Gasteiger partial charge in [-0.25, -0.2) is 4.79 Å². The third-order valence-corrected chi connectivity index (χ3v) is 19.2. The van der Waals surface area contributed by atoms with E-state index in [2.05, 4.69) is 65.7 Å². The number of hydrogen-bond donors (Lipinski definition) is 1. The Morgan fingerprint density at radius 3 is 2.17 bits per heavy atom. The van der Waals surface area contributed by atoms with Gasteiger partial charge < -0.3 is 32.6 Å². The van der Waals surface area contributed by atoms with Gasteiger partial charge in [0.2, 0.25) is 0 Å². The summed E-state index contributed by atoms with van der Waals surface area (Å²) in [5.41, 5.74) is 0.357. The van der Waals surface area contributed by atoms with Crippen LogP contribution < -0.4 is 11.0 Å². The topological polar surface area (TPSA) is 127 Å². The summed E-state index contributed by atoms with van der Waals surface area (Å²) in [6.45, 7) is 19.3. The van der Waals surface area contributed by atoms with Gasteiger partial charge in [0.15, 0.2) is 6.23 Å². The van der Waals surface area contributed by atoms with E-state index in [1.54, 1.807) is 43.5 Å². The summed E-state index contributed by atoms with van der Waals surface area (Å²) >= 11 is 0. The summed E-state index contributed by atoms with van der Waals surface area (Å²) in [5, 5.41) is 2.69. The molecule has 46 heavy (non-hydrogen) atoms. The van der Waals surface area contributed by atoms with Gasteiger partial charge in [0.25, 0.3) is 5.91 Å². The van der Waals surface area contributed by atoms with E-state index in [9.17, 15) is 14.4 Å². The lowest BCUT2D eigenvalue weighted by atomic mass is 10.1. The summed E-state index contributed by atoms with van der Waals surface area (Å²) in [6.07, 6.45) is -0.254. The van der Waals surface area contributed by atoms with Gasteiger partial charge in [-0.1, -0.05) is 73.6 Å². The van der Waals surface area contributed by atoms with Crippen LogP contribution in [-0.2, 0) is 27.2 Å². The largest absolute Gasteiger partial charge is 0.414 e. The molecule has 4 rings (SSSR count). The average Bonchev–Trinajstić information content (AvgIpc) is 3.30. The van der Waals surface area contributed by atoms with Crippen LogP contribution in [0.2, 0.25) is 22.2 Å². The zero-order valence-electron chi connectivity index (χ0n) is 28.6. The Morgan fingerprint density at radius 1 is 0.978 bits per heavy atom. The number of carbonyl (C=O) groups excluding carboxylic acids is 2. The number of amides is 1. The predicted octanol–water partition coefficient (Wildman–Crippen LogP) is 6.10. The molecule has 11 nitrogen and oxygen atoms in total. The van der Waals surface area contributed by atoms with E-state index < -0.39 is 47.4 Å². The van der Waals surface area contributed by atoms with Gasteiger partial charge in [0, 0.05) is 24.8 Å². The molecule has 2 aliphatic rings. The third-order valence-electron chi connectivity index (χ3n) is 8.98. The molecule has 0 radical (unpaired) electrons. The highest BCUT2D eigenvalue weighted by molar-refractivity contribution is 6.84. The fraction of sp³-hybridized carbons (Fsp3) is 0.636. The molecule has 1 aromatic heterocycles. The normalized spacial score (nSPS) is 24.2. The van der Waals surface area contributed by atoms with Crippen molar-refractivity contribution >= 4 is 34.6 Å². The second-order valence-electron chi connectivity index (χ2n) is 13.6. The van der Waals surface area contributed by atoms with Crippen molar-refractivity contribution in [2.45, 2.75) is 122 Å². The molecular formula is C33H51N3O8Si2. The van der Waals surface area contributed by atoms with E-state index in [1.807, 2.05) is 6.07 Å². The number of hydrogen-bond acceptors (Lipinski definition) is 9. The molecule has 3 heterocycles. The number of nitrogens with one attached hydrogen (secondary N) is 1. The summed E-state index contributed by atoms with van der Waals surface area (Å²) in [6, 6.07) is 10.3. The minimum Gasteiger partial charge on any atom is -0.414 e. The van der Waals surface area contributed by atoms with E-state index in [4.69, 9.17) is 22.4 Å². The summed E-state index contributed by atoms with van der Waals surface area (Å²) in [7, 11) is -5.82. The number of Topliss-reactive ketones (excluding diaryl/α,β-unsaturated/α-hetero) is 1. The SMILES string of the molecule is CC(=O)CCCO[C@@H]1[C@@H]2O[Si](C(C)C)(C(C)C)O[Si](C(C)C)(C(C)C)OC[C@H]2O[C@H]1n1ccc(NC(=O)c2ccccc2)nc1=O. The van der Waals surface area contributed by atoms with Crippen molar-refractivity contribution in [1.29, 1.82) is 0 Å². The van der Waals surface area contributed by atoms with Crippen LogP contribution in [0.4, 0.5) is 5.82 Å². The van der Waals surface area contributed by atoms with Gasteiger partial charge in [-0.15, -0.1) is 0 Å². The predicted molar refractivity (Wildman–Crippen MR) is 180 cm³/mol. The van der Waals surface area contributed by atoms with Gasteiger partial charge in [-0.3, -0.25) is 9.36 Å². The van der Waals surface area contributed by atoms with Crippen LogP contribution in [-0.4, -0.2) is 69.9 Å². The molecule has 1 amide bonds. The lowest BCUT2D eigenvalue weighted by Crippen LogP contribution is -2.66. The van der Waals surface area contributed by atoms with Gasteiger partial charge in [0.1, 0.15) is 29.9 Å². The molecule has 0 unspecified atom stereocenters. The van der Waals surface area contributed by atoms with Crippen molar-refractivity contribution in [1.82, 2.24) is 9.55 Å². The fourth-order valence-electron chi connectivity index (χ4n) is 6.52. The Balaban J connectivity index is 1.72. The zero-order chi connectivity index (χ0) is 33.8. The Hall–Kier alpha value is -2.53. The molecule has 2 aliphatic heterocycles. The molecule has 13 heteroatoms. The smallest absolute Gasteiger partial charge is 0.351 e. The molecule has 254 valence electrons. The number of fused-ring (bicyclic) bond motifs is 1. The van der Waals surface area contributed by atoms with E-state index in [0.717, 1.165) is 0 Å². The summed E-state index contributed by atoms with van der Waals surface area (Å²) in [5.74, 6) is -0.167. The number of rotatable bonds is 12. The molecule has 0 spiro atoms. The van der Waals surface area contributed by atoms with E-state index in [0.29, 0.717) is 18.4 Å². The van der Waals surface area contributed by atoms with E-state index in [1.165, 1.54) is 4.57 Å². The Bertz CT molecular complexity index is 1380. The Labute approximate surface area is 274 Å². The maximum atomic E-state index is 13.5. The average molecular weight is 674 g/mol. The maximum absolute atomic E-state index is 13.5. The highest BCUT2D eigenvalue weighted by Crippen LogP contribution is 2.48.